The third kappa shape index (κ3) is 2.39. The molecular formula is C12H20N2O3S. The number of nitrogens with zero attached hydrogens (tertiary/aromatic N) is 2. The normalized spacial score (nSPS) is 40.6. The summed E-state index contributed by atoms with van der Waals surface area (Å²) in [5.41, 5.74) is -0.122. The summed E-state index contributed by atoms with van der Waals surface area (Å²) in [6.07, 6.45) is 3.48. The smallest absolute Gasteiger partial charge is 0.162 e. The van der Waals surface area contributed by atoms with E-state index in [2.05, 4.69) is 9.89 Å². The number of piperidine rings is 1. The monoisotopic (exact) mass is 272 g/mol. The maximum Gasteiger partial charge on any atom is 0.162 e. The van der Waals surface area contributed by atoms with Gasteiger partial charge in [-0.05, 0) is 19.3 Å². The Bertz CT molecular complexity index is 333. The molecule has 0 spiro atoms. The number of aliphatic hydroxyl groups is 2. The molecule has 0 radical (unpaired) electrons. The Balaban J connectivity index is 1.68. The summed E-state index contributed by atoms with van der Waals surface area (Å²) in [7, 11) is 0. The summed E-state index contributed by atoms with van der Waals surface area (Å²) >= 11 is 1.61. The second-order valence-corrected chi connectivity index (χ2v) is 6.25. The van der Waals surface area contributed by atoms with E-state index in [-0.39, 0.29) is 24.2 Å². The molecule has 0 bridgehead atoms. The molecule has 0 aromatic heterocycles. The van der Waals surface area contributed by atoms with Gasteiger partial charge in [0.15, 0.2) is 5.17 Å². The molecule has 2 saturated heterocycles. The van der Waals surface area contributed by atoms with E-state index in [9.17, 15) is 5.11 Å². The van der Waals surface area contributed by atoms with Crippen LogP contribution in [-0.2, 0) is 4.74 Å². The fraction of sp³-hybridized carbons (Fsp3) is 0.917. The van der Waals surface area contributed by atoms with E-state index in [1.807, 2.05) is 0 Å². The third-order valence-electron chi connectivity index (χ3n) is 3.82. The van der Waals surface area contributed by atoms with Gasteiger partial charge in [0.2, 0.25) is 0 Å². The van der Waals surface area contributed by atoms with Gasteiger partial charge in [0, 0.05) is 19.5 Å². The van der Waals surface area contributed by atoms with Crippen molar-refractivity contribution in [2.24, 2.45) is 4.99 Å². The van der Waals surface area contributed by atoms with Crippen LogP contribution < -0.4 is 0 Å². The minimum Gasteiger partial charge on any atom is -0.394 e. The number of hydrogen-bond donors (Lipinski definition) is 2. The van der Waals surface area contributed by atoms with Crippen molar-refractivity contribution in [3.63, 3.8) is 0 Å². The van der Waals surface area contributed by atoms with Crippen molar-refractivity contribution >= 4 is 16.9 Å². The van der Waals surface area contributed by atoms with E-state index in [4.69, 9.17) is 9.84 Å². The molecule has 5 nitrogen and oxygen atoms in total. The van der Waals surface area contributed by atoms with Crippen molar-refractivity contribution in [1.29, 1.82) is 0 Å². The van der Waals surface area contributed by atoms with Crippen LogP contribution in [0.4, 0.5) is 0 Å². The first-order chi connectivity index (χ1) is 8.78. The molecule has 3 aliphatic heterocycles. The Morgan fingerprint density at radius 1 is 1.33 bits per heavy atom. The predicted octanol–water partition coefficient (Wildman–Crippen LogP) is 0.412. The molecule has 3 heterocycles. The molecular weight excluding hydrogens is 252 g/mol. The zero-order chi connectivity index (χ0) is 12.5. The molecule has 4 unspecified atom stereocenters. The highest BCUT2D eigenvalue weighted by Crippen LogP contribution is 2.37. The SMILES string of the molecule is OCC1CC(O)C2N=C(N3CCCCC3)SC2O1. The average molecular weight is 272 g/mol. The number of likely N-dealkylation sites (tertiary alicyclic amines) is 1. The van der Waals surface area contributed by atoms with Crippen LogP contribution in [0.3, 0.4) is 0 Å². The molecule has 0 saturated carbocycles. The van der Waals surface area contributed by atoms with E-state index in [0.29, 0.717) is 6.42 Å². The maximum absolute atomic E-state index is 10.1. The fourth-order valence-electron chi connectivity index (χ4n) is 2.78. The number of fused-ring (bicyclic) bond motifs is 1. The lowest BCUT2D eigenvalue weighted by Gasteiger charge is -2.33. The number of thioether (sulfide) groups is 1. The van der Waals surface area contributed by atoms with Gasteiger partial charge in [-0.2, -0.15) is 0 Å². The maximum atomic E-state index is 10.1. The highest BCUT2D eigenvalue weighted by molar-refractivity contribution is 8.14. The molecule has 0 aromatic rings. The van der Waals surface area contributed by atoms with Crippen LogP contribution in [0.1, 0.15) is 25.7 Å². The van der Waals surface area contributed by atoms with Crippen LogP contribution in [0.5, 0.6) is 0 Å². The highest BCUT2D eigenvalue weighted by Gasteiger charge is 2.43. The zero-order valence-electron chi connectivity index (χ0n) is 10.4. The third-order valence-corrected chi connectivity index (χ3v) is 5.01. The molecule has 3 aliphatic rings. The lowest BCUT2D eigenvalue weighted by Crippen LogP contribution is -2.45. The molecule has 4 atom stereocenters. The van der Waals surface area contributed by atoms with Gasteiger partial charge in [-0.15, -0.1) is 0 Å². The van der Waals surface area contributed by atoms with Crippen LogP contribution >= 0.6 is 11.8 Å². The molecule has 18 heavy (non-hydrogen) atoms. The molecule has 2 fully saturated rings. The van der Waals surface area contributed by atoms with Gasteiger partial charge in [0.05, 0.1) is 18.8 Å². The first-order valence-corrected chi connectivity index (χ1v) is 7.59. The van der Waals surface area contributed by atoms with Crippen molar-refractivity contribution in [3.05, 3.63) is 0 Å². The largest absolute Gasteiger partial charge is 0.394 e. The molecule has 3 rings (SSSR count). The Morgan fingerprint density at radius 3 is 2.83 bits per heavy atom. The quantitative estimate of drug-likeness (QED) is 0.724. The van der Waals surface area contributed by atoms with E-state index in [0.717, 1.165) is 18.3 Å². The minimum atomic E-state index is -0.490. The first kappa shape index (κ1) is 12.7. The summed E-state index contributed by atoms with van der Waals surface area (Å²) in [6, 6.07) is -0.158. The van der Waals surface area contributed by atoms with Crippen molar-refractivity contribution in [2.75, 3.05) is 19.7 Å². The Hall–Kier alpha value is -0.300. The lowest BCUT2D eigenvalue weighted by molar-refractivity contribution is -0.0875. The van der Waals surface area contributed by atoms with Crippen molar-refractivity contribution < 1.29 is 14.9 Å². The van der Waals surface area contributed by atoms with Gasteiger partial charge in [0.1, 0.15) is 11.5 Å². The van der Waals surface area contributed by atoms with Gasteiger partial charge in [-0.25, -0.2) is 0 Å². The number of hydrogen-bond acceptors (Lipinski definition) is 6. The van der Waals surface area contributed by atoms with Crippen molar-refractivity contribution in [3.8, 4) is 0 Å². The summed E-state index contributed by atoms with van der Waals surface area (Å²) < 4.78 is 5.76. The standard InChI is InChI=1S/C12H20N2O3S/c15-7-8-6-9(16)10-11(17-8)18-12(13-10)14-4-2-1-3-5-14/h8-11,15-16H,1-7H2. The second kappa shape index (κ2) is 5.36. The van der Waals surface area contributed by atoms with E-state index in [1.165, 1.54) is 19.3 Å². The summed E-state index contributed by atoms with van der Waals surface area (Å²) in [6.45, 7) is 2.09. The van der Waals surface area contributed by atoms with E-state index < -0.39 is 6.10 Å². The topological polar surface area (TPSA) is 65.3 Å². The number of aliphatic imine (C=N–C) groups is 1. The molecule has 102 valence electrons. The fourth-order valence-corrected chi connectivity index (χ4v) is 4.10. The summed E-state index contributed by atoms with van der Waals surface area (Å²) in [4.78, 5) is 6.93. The van der Waals surface area contributed by atoms with Crippen molar-refractivity contribution in [1.82, 2.24) is 4.90 Å². The van der Waals surface area contributed by atoms with Crippen LogP contribution in [0.15, 0.2) is 4.99 Å². The molecule has 0 aliphatic carbocycles. The van der Waals surface area contributed by atoms with Gasteiger partial charge < -0.3 is 19.8 Å². The molecule has 0 aromatic carbocycles. The number of ether oxygens (including phenoxy) is 1. The van der Waals surface area contributed by atoms with Gasteiger partial charge in [-0.3, -0.25) is 4.99 Å². The van der Waals surface area contributed by atoms with Crippen LogP contribution in [-0.4, -0.2) is 63.7 Å². The zero-order valence-corrected chi connectivity index (χ0v) is 11.2. The van der Waals surface area contributed by atoms with E-state index >= 15 is 0 Å². The lowest BCUT2D eigenvalue weighted by atomic mass is 10.0. The van der Waals surface area contributed by atoms with Crippen molar-refractivity contribution in [2.45, 2.75) is 49.4 Å². The minimum absolute atomic E-state index is 0.0279. The summed E-state index contributed by atoms with van der Waals surface area (Å²) in [5.74, 6) is 0. The predicted molar refractivity (Wildman–Crippen MR) is 70.6 cm³/mol. The highest BCUT2D eigenvalue weighted by atomic mass is 32.2. The van der Waals surface area contributed by atoms with Gasteiger partial charge in [0.25, 0.3) is 0 Å². The van der Waals surface area contributed by atoms with Crippen LogP contribution in [0.2, 0.25) is 0 Å². The molecule has 0 amide bonds. The average Bonchev–Trinajstić information content (AvgIpc) is 2.84. The number of amidine groups is 1. The second-order valence-electron chi connectivity index (χ2n) is 5.18. The Labute approximate surface area is 111 Å². The van der Waals surface area contributed by atoms with Crippen LogP contribution in [0, 0.1) is 0 Å². The molecule has 6 heteroatoms. The van der Waals surface area contributed by atoms with Gasteiger partial charge in [-0.1, -0.05) is 11.8 Å². The first-order valence-electron chi connectivity index (χ1n) is 6.71. The number of aliphatic hydroxyl groups excluding tert-OH is 2. The van der Waals surface area contributed by atoms with Crippen LogP contribution in [0.25, 0.3) is 0 Å². The van der Waals surface area contributed by atoms with E-state index in [1.54, 1.807) is 11.8 Å². The molecule has 2 N–H and O–H groups in total. The summed E-state index contributed by atoms with van der Waals surface area (Å²) in [5, 5.41) is 20.2. The number of rotatable bonds is 1. The Kier molecular flexibility index (Phi) is 3.79. The Morgan fingerprint density at radius 2 is 2.11 bits per heavy atom. The van der Waals surface area contributed by atoms with Gasteiger partial charge >= 0.3 is 0 Å².